The average Bonchev–Trinajstić information content (AvgIpc) is 2.97. The van der Waals surface area contributed by atoms with E-state index in [0.29, 0.717) is 30.3 Å². The lowest BCUT2D eigenvalue weighted by Gasteiger charge is -2.16. The van der Waals surface area contributed by atoms with Crippen LogP contribution in [0.1, 0.15) is 31.2 Å². The minimum absolute atomic E-state index is 0.206. The molecule has 22 heavy (non-hydrogen) atoms. The van der Waals surface area contributed by atoms with Crippen molar-refractivity contribution in [1.82, 2.24) is 4.31 Å². The molecule has 122 valence electrons. The van der Waals surface area contributed by atoms with Crippen LogP contribution in [0.5, 0.6) is 0 Å². The van der Waals surface area contributed by atoms with Crippen molar-refractivity contribution in [3.63, 3.8) is 0 Å². The summed E-state index contributed by atoms with van der Waals surface area (Å²) < 4.78 is 31.3. The molecule has 0 N–H and O–H groups in total. The molecule has 0 amide bonds. The van der Waals surface area contributed by atoms with E-state index in [1.165, 1.54) is 7.11 Å². The van der Waals surface area contributed by atoms with Gasteiger partial charge in [0.05, 0.1) is 12.0 Å². The number of aryl methyl sites for hydroxylation is 1. The third-order valence-electron chi connectivity index (χ3n) is 4.13. The Morgan fingerprint density at radius 1 is 1.32 bits per heavy atom. The molecule has 0 saturated carbocycles. The number of esters is 1. The Bertz CT molecular complexity index is 610. The topological polar surface area (TPSA) is 63.7 Å². The minimum atomic E-state index is -3.39. The van der Waals surface area contributed by atoms with Crippen LogP contribution in [0.15, 0.2) is 29.2 Å². The van der Waals surface area contributed by atoms with Crippen LogP contribution < -0.4 is 0 Å². The fraction of sp³-hybridized carbons (Fsp3) is 0.562. The van der Waals surface area contributed by atoms with E-state index in [1.807, 2.05) is 19.1 Å². The Hall–Kier alpha value is -1.40. The second kappa shape index (κ2) is 7.24. The highest BCUT2D eigenvalue weighted by molar-refractivity contribution is 7.89. The Balaban J connectivity index is 1.91. The molecule has 0 bridgehead atoms. The molecule has 1 aliphatic rings. The molecule has 0 unspecified atom stereocenters. The molecule has 1 fully saturated rings. The summed E-state index contributed by atoms with van der Waals surface area (Å²) >= 11 is 0. The number of nitrogens with zero attached hydrogens (tertiary/aromatic N) is 1. The maximum Gasteiger partial charge on any atom is 0.305 e. The van der Waals surface area contributed by atoms with E-state index < -0.39 is 10.0 Å². The molecule has 1 aromatic rings. The van der Waals surface area contributed by atoms with E-state index in [9.17, 15) is 13.2 Å². The third-order valence-corrected chi connectivity index (χ3v) is 6.01. The predicted molar refractivity (Wildman–Crippen MR) is 83.9 cm³/mol. The molecule has 6 heteroatoms. The van der Waals surface area contributed by atoms with Gasteiger partial charge in [0, 0.05) is 19.5 Å². The van der Waals surface area contributed by atoms with Crippen molar-refractivity contribution in [2.75, 3.05) is 20.2 Å². The van der Waals surface area contributed by atoms with Gasteiger partial charge in [0.15, 0.2) is 0 Å². The Labute approximate surface area is 132 Å². The summed E-state index contributed by atoms with van der Waals surface area (Å²) in [7, 11) is -2.01. The number of carbonyl (C=O) groups is 1. The van der Waals surface area contributed by atoms with Crippen molar-refractivity contribution in [3.05, 3.63) is 29.8 Å². The van der Waals surface area contributed by atoms with Gasteiger partial charge >= 0.3 is 5.97 Å². The average molecular weight is 325 g/mol. The highest BCUT2D eigenvalue weighted by Crippen LogP contribution is 2.27. The largest absolute Gasteiger partial charge is 0.469 e. The molecule has 0 aliphatic carbocycles. The molecule has 0 spiro atoms. The van der Waals surface area contributed by atoms with Gasteiger partial charge in [-0.15, -0.1) is 0 Å². The number of benzene rings is 1. The predicted octanol–water partition coefficient (Wildman–Crippen LogP) is 2.35. The summed E-state index contributed by atoms with van der Waals surface area (Å²) in [5, 5.41) is 0. The number of hydrogen-bond donors (Lipinski definition) is 0. The molecule has 0 radical (unpaired) electrons. The van der Waals surface area contributed by atoms with Gasteiger partial charge < -0.3 is 4.74 Å². The van der Waals surface area contributed by atoms with Gasteiger partial charge in [-0.3, -0.25) is 4.79 Å². The van der Waals surface area contributed by atoms with E-state index in [4.69, 9.17) is 0 Å². The van der Waals surface area contributed by atoms with E-state index in [0.717, 1.165) is 24.8 Å². The maximum atomic E-state index is 12.6. The number of methoxy groups -OCH3 is 1. The molecular weight excluding hydrogens is 302 g/mol. The lowest BCUT2D eigenvalue weighted by molar-refractivity contribution is -0.140. The van der Waals surface area contributed by atoms with Crippen molar-refractivity contribution in [2.45, 2.75) is 37.5 Å². The van der Waals surface area contributed by atoms with Crippen LogP contribution in [0.3, 0.4) is 0 Å². The zero-order valence-corrected chi connectivity index (χ0v) is 13.9. The molecular formula is C16H23NO4S. The first-order chi connectivity index (χ1) is 10.4. The standard InChI is InChI=1S/C16H23NO4S/c1-13-6-8-15(9-7-13)22(19,20)17-11-10-14(12-17)4-3-5-16(18)21-2/h6-9,14H,3-5,10-12H2,1-2H3/t14-/m1/s1. The second-order valence-corrected chi connectivity index (χ2v) is 7.74. The van der Waals surface area contributed by atoms with Crippen molar-refractivity contribution >= 4 is 16.0 Å². The zero-order valence-electron chi connectivity index (χ0n) is 13.1. The van der Waals surface area contributed by atoms with E-state index >= 15 is 0 Å². The van der Waals surface area contributed by atoms with E-state index in [-0.39, 0.29) is 5.97 Å². The minimum Gasteiger partial charge on any atom is -0.469 e. The summed E-state index contributed by atoms with van der Waals surface area (Å²) in [5.41, 5.74) is 1.04. The summed E-state index contributed by atoms with van der Waals surface area (Å²) in [4.78, 5) is 11.4. The monoisotopic (exact) mass is 325 g/mol. The van der Waals surface area contributed by atoms with Gasteiger partial charge in [0.2, 0.25) is 10.0 Å². The first-order valence-corrected chi connectivity index (χ1v) is 9.01. The number of ether oxygens (including phenoxy) is 1. The van der Waals surface area contributed by atoms with Gasteiger partial charge in [0.1, 0.15) is 0 Å². The normalized spacial score (nSPS) is 19.3. The molecule has 1 aromatic carbocycles. The first kappa shape index (κ1) is 17.0. The third kappa shape index (κ3) is 4.08. The first-order valence-electron chi connectivity index (χ1n) is 7.57. The molecule has 5 nitrogen and oxygen atoms in total. The quantitative estimate of drug-likeness (QED) is 0.753. The molecule has 1 aliphatic heterocycles. The number of sulfonamides is 1. The summed E-state index contributed by atoms with van der Waals surface area (Å²) in [6, 6.07) is 6.96. The number of rotatable bonds is 6. The van der Waals surface area contributed by atoms with Crippen LogP contribution in [0.2, 0.25) is 0 Å². The maximum absolute atomic E-state index is 12.6. The van der Waals surface area contributed by atoms with Crippen molar-refractivity contribution in [3.8, 4) is 0 Å². The smallest absolute Gasteiger partial charge is 0.305 e. The van der Waals surface area contributed by atoms with Crippen LogP contribution >= 0.6 is 0 Å². The van der Waals surface area contributed by atoms with Crippen LogP contribution in [-0.2, 0) is 19.6 Å². The molecule has 2 rings (SSSR count). The summed E-state index contributed by atoms with van der Waals surface area (Å²) in [6.07, 6.45) is 2.86. The van der Waals surface area contributed by atoms with E-state index in [1.54, 1.807) is 16.4 Å². The van der Waals surface area contributed by atoms with Gasteiger partial charge in [-0.2, -0.15) is 4.31 Å². The molecule has 1 saturated heterocycles. The Kier molecular flexibility index (Phi) is 5.58. The second-order valence-electron chi connectivity index (χ2n) is 5.80. The van der Waals surface area contributed by atoms with Gasteiger partial charge in [-0.25, -0.2) is 8.42 Å². The number of hydrogen-bond acceptors (Lipinski definition) is 4. The molecule has 0 aromatic heterocycles. The highest BCUT2D eigenvalue weighted by Gasteiger charge is 2.32. The van der Waals surface area contributed by atoms with Gasteiger partial charge in [-0.05, 0) is 44.2 Å². The van der Waals surface area contributed by atoms with Crippen molar-refractivity contribution < 1.29 is 17.9 Å². The summed E-state index contributed by atoms with van der Waals surface area (Å²) in [5.74, 6) is 0.118. The molecule has 1 heterocycles. The zero-order chi connectivity index (χ0) is 16.2. The van der Waals surface area contributed by atoms with Crippen LogP contribution in [0, 0.1) is 12.8 Å². The lowest BCUT2D eigenvalue weighted by atomic mass is 10.0. The SMILES string of the molecule is COC(=O)CCC[C@@H]1CCN(S(=O)(=O)c2ccc(C)cc2)C1. The fourth-order valence-electron chi connectivity index (χ4n) is 2.75. The summed E-state index contributed by atoms with van der Waals surface area (Å²) in [6.45, 7) is 3.03. The number of carbonyl (C=O) groups excluding carboxylic acids is 1. The van der Waals surface area contributed by atoms with Gasteiger partial charge in [0.25, 0.3) is 0 Å². The Morgan fingerprint density at radius 2 is 2.00 bits per heavy atom. The lowest BCUT2D eigenvalue weighted by Crippen LogP contribution is -2.28. The Morgan fingerprint density at radius 3 is 2.64 bits per heavy atom. The van der Waals surface area contributed by atoms with Crippen LogP contribution in [-0.4, -0.2) is 38.9 Å². The van der Waals surface area contributed by atoms with Crippen LogP contribution in [0.4, 0.5) is 0 Å². The van der Waals surface area contributed by atoms with Crippen molar-refractivity contribution in [2.24, 2.45) is 5.92 Å². The van der Waals surface area contributed by atoms with Crippen LogP contribution in [0.25, 0.3) is 0 Å². The van der Waals surface area contributed by atoms with Crippen molar-refractivity contribution in [1.29, 1.82) is 0 Å². The van der Waals surface area contributed by atoms with Gasteiger partial charge in [-0.1, -0.05) is 17.7 Å². The van der Waals surface area contributed by atoms with E-state index in [2.05, 4.69) is 4.74 Å². The molecule has 1 atom stereocenters. The highest BCUT2D eigenvalue weighted by atomic mass is 32.2. The fourth-order valence-corrected chi connectivity index (χ4v) is 4.28.